The molecule has 0 saturated heterocycles. The van der Waals surface area contributed by atoms with Crippen LogP contribution in [0.5, 0.6) is 0 Å². The van der Waals surface area contributed by atoms with E-state index in [0.717, 1.165) is 11.1 Å². The lowest BCUT2D eigenvalue weighted by Crippen LogP contribution is -2.26. The molecule has 0 fully saturated rings. The summed E-state index contributed by atoms with van der Waals surface area (Å²) in [5.74, 6) is -0.296. The Kier molecular flexibility index (Phi) is 9.01. The van der Waals surface area contributed by atoms with E-state index in [-0.39, 0.29) is 30.3 Å². The van der Waals surface area contributed by atoms with E-state index in [1.54, 1.807) is 37.2 Å². The first-order valence-corrected chi connectivity index (χ1v) is 11.6. The van der Waals surface area contributed by atoms with E-state index in [0.29, 0.717) is 29.8 Å². The Morgan fingerprint density at radius 3 is 2.26 bits per heavy atom. The largest absolute Gasteiger partial charge is 0.376 e. The van der Waals surface area contributed by atoms with Crippen LogP contribution < -0.4 is 16.0 Å². The molecule has 0 aliphatic carbocycles. The molecule has 3 amide bonds. The predicted molar refractivity (Wildman–Crippen MR) is 139 cm³/mol. The average molecular weight is 473 g/mol. The van der Waals surface area contributed by atoms with Crippen LogP contribution in [0.4, 0.5) is 11.4 Å². The number of hydrogen-bond donors (Lipinski definition) is 3. The molecule has 1 unspecified atom stereocenters. The topological polar surface area (TPSA) is 90.5 Å². The molecule has 1 atom stereocenters. The summed E-state index contributed by atoms with van der Waals surface area (Å²) < 4.78 is 0. The van der Waals surface area contributed by atoms with Gasteiger partial charge in [0.15, 0.2) is 0 Å². The normalized spacial score (nSPS) is 11.3. The van der Waals surface area contributed by atoms with E-state index in [4.69, 9.17) is 0 Å². The van der Waals surface area contributed by atoms with E-state index in [1.807, 2.05) is 67.6 Å². The van der Waals surface area contributed by atoms with Crippen molar-refractivity contribution in [1.29, 1.82) is 0 Å². The number of hydrogen-bond acceptors (Lipinski definition) is 4. The molecule has 7 heteroatoms. The Bertz CT molecular complexity index is 1140. The lowest BCUT2D eigenvalue weighted by Gasteiger charge is -2.15. The van der Waals surface area contributed by atoms with E-state index in [9.17, 15) is 14.4 Å². The zero-order chi connectivity index (χ0) is 25.2. The summed E-state index contributed by atoms with van der Waals surface area (Å²) >= 11 is 0. The molecule has 3 aromatic carbocycles. The van der Waals surface area contributed by atoms with Gasteiger partial charge >= 0.3 is 0 Å². The molecule has 3 rings (SSSR count). The summed E-state index contributed by atoms with van der Waals surface area (Å²) in [6.45, 7) is 2.00. The Hall–Kier alpha value is -4.13. The first-order valence-electron chi connectivity index (χ1n) is 11.6. The van der Waals surface area contributed by atoms with Gasteiger partial charge in [0.25, 0.3) is 5.91 Å². The maximum atomic E-state index is 12.7. The molecule has 7 nitrogen and oxygen atoms in total. The van der Waals surface area contributed by atoms with Crippen LogP contribution in [0.3, 0.4) is 0 Å². The number of nitrogens with one attached hydrogen (secondary N) is 3. The molecular weight excluding hydrogens is 440 g/mol. The molecule has 0 aliphatic heterocycles. The smallest absolute Gasteiger partial charge is 0.251 e. The van der Waals surface area contributed by atoms with Crippen LogP contribution in [0.25, 0.3) is 0 Å². The molecule has 0 bridgehead atoms. The molecule has 0 aliphatic rings. The van der Waals surface area contributed by atoms with Crippen molar-refractivity contribution in [2.24, 2.45) is 0 Å². The Morgan fingerprint density at radius 1 is 0.857 bits per heavy atom. The van der Waals surface area contributed by atoms with Crippen molar-refractivity contribution in [2.45, 2.75) is 25.8 Å². The van der Waals surface area contributed by atoms with Crippen LogP contribution in [0, 0.1) is 0 Å². The maximum absolute atomic E-state index is 12.7. The highest BCUT2D eigenvalue weighted by molar-refractivity contribution is 5.96. The summed E-state index contributed by atoms with van der Waals surface area (Å²) in [5.41, 5.74) is 3.94. The van der Waals surface area contributed by atoms with Gasteiger partial charge in [0, 0.05) is 37.5 Å². The summed E-state index contributed by atoms with van der Waals surface area (Å²) in [7, 11) is 3.49. The Labute approximate surface area is 206 Å². The highest BCUT2D eigenvalue weighted by atomic mass is 16.2. The second kappa shape index (κ2) is 12.4. The quantitative estimate of drug-likeness (QED) is 0.412. The monoisotopic (exact) mass is 472 g/mol. The molecule has 182 valence electrons. The lowest BCUT2D eigenvalue weighted by molar-refractivity contribution is -0.128. The minimum absolute atomic E-state index is 0.0601. The predicted octanol–water partition coefficient (Wildman–Crippen LogP) is 4.25. The second-order valence-electron chi connectivity index (χ2n) is 8.57. The maximum Gasteiger partial charge on any atom is 0.251 e. The molecule has 0 radical (unpaired) electrons. The van der Waals surface area contributed by atoms with E-state index >= 15 is 0 Å². The van der Waals surface area contributed by atoms with Crippen LogP contribution in [-0.2, 0) is 16.0 Å². The minimum atomic E-state index is -0.201. The number of benzene rings is 3. The molecule has 0 saturated carbocycles. The SMILES string of the molecule is CC(NC(=O)c1cccc(NCC(=O)Nc2ccc(CCC(=O)N(C)C)cc2)c1)c1ccccc1. The van der Waals surface area contributed by atoms with Crippen molar-refractivity contribution in [1.82, 2.24) is 10.2 Å². The van der Waals surface area contributed by atoms with Crippen molar-refractivity contribution >= 4 is 29.1 Å². The number of anilines is 2. The van der Waals surface area contributed by atoms with Gasteiger partial charge in [-0.2, -0.15) is 0 Å². The first-order chi connectivity index (χ1) is 16.8. The number of nitrogens with zero attached hydrogens (tertiary/aromatic N) is 1. The zero-order valence-electron chi connectivity index (χ0n) is 20.4. The fourth-order valence-electron chi connectivity index (χ4n) is 3.49. The summed E-state index contributed by atoms with van der Waals surface area (Å²) in [4.78, 5) is 38.3. The van der Waals surface area contributed by atoms with E-state index in [2.05, 4.69) is 16.0 Å². The number of carbonyl (C=O) groups excluding carboxylic acids is 3. The van der Waals surface area contributed by atoms with Crippen molar-refractivity contribution in [3.63, 3.8) is 0 Å². The Morgan fingerprint density at radius 2 is 1.57 bits per heavy atom. The standard InChI is InChI=1S/C28H32N4O3/c1-20(22-8-5-4-6-9-22)30-28(35)23-10-7-11-25(18-23)29-19-26(33)31-24-15-12-21(13-16-24)14-17-27(34)32(2)3/h4-13,15-16,18,20,29H,14,17,19H2,1-3H3,(H,30,35)(H,31,33). The minimum Gasteiger partial charge on any atom is -0.376 e. The van der Waals surface area contributed by atoms with Gasteiger partial charge in [-0.05, 0) is 54.8 Å². The van der Waals surface area contributed by atoms with Gasteiger partial charge in [-0.15, -0.1) is 0 Å². The molecule has 0 aromatic heterocycles. The number of carbonyl (C=O) groups is 3. The molecule has 3 aromatic rings. The second-order valence-corrected chi connectivity index (χ2v) is 8.57. The van der Waals surface area contributed by atoms with Crippen molar-refractivity contribution < 1.29 is 14.4 Å². The zero-order valence-corrected chi connectivity index (χ0v) is 20.4. The summed E-state index contributed by atoms with van der Waals surface area (Å²) in [6.07, 6.45) is 1.10. The van der Waals surface area contributed by atoms with Crippen LogP contribution in [0.2, 0.25) is 0 Å². The molecule has 0 heterocycles. The van der Waals surface area contributed by atoms with Crippen LogP contribution in [-0.4, -0.2) is 43.3 Å². The number of rotatable bonds is 10. The molecule has 0 spiro atoms. The van der Waals surface area contributed by atoms with Gasteiger partial charge in [-0.3, -0.25) is 14.4 Å². The summed E-state index contributed by atoms with van der Waals surface area (Å²) in [6, 6.07) is 24.2. The molecule has 35 heavy (non-hydrogen) atoms. The fourth-order valence-corrected chi connectivity index (χ4v) is 3.49. The van der Waals surface area contributed by atoms with Crippen molar-refractivity contribution in [3.8, 4) is 0 Å². The van der Waals surface area contributed by atoms with Crippen LogP contribution in [0.15, 0.2) is 78.9 Å². The van der Waals surface area contributed by atoms with Crippen LogP contribution >= 0.6 is 0 Å². The molecule has 3 N–H and O–H groups in total. The Balaban J connectivity index is 1.48. The number of aryl methyl sites for hydroxylation is 1. The molecular formula is C28H32N4O3. The van der Waals surface area contributed by atoms with Gasteiger partial charge in [-0.1, -0.05) is 48.5 Å². The van der Waals surface area contributed by atoms with E-state index in [1.165, 1.54) is 0 Å². The summed E-state index contributed by atoms with van der Waals surface area (Å²) in [5, 5.41) is 8.91. The van der Waals surface area contributed by atoms with Gasteiger partial charge in [0.05, 0.1) is 12.6 Å². The third-order valence-corrected chi connectivity index (χ3v) is 5.59. The van der Waals surface area contributed by atoms with Crippen molar-refractivity contribution in [2.75, 3.05) is 31.3 Å². The fraction of sp³-hybridized carbons (Fsp3) is 0.250. The van der Waals surface area contributed by atoms with Crippen molar-refractivity contribution in [3.05, 3.63) is 95.6 Å². The third-order valence-electron chi connectivity index (χ3n) is 5.59. The van der Waals surface area contributed by atoms with Gasteiger partial charge in [-0.25, -0.2) is 0 Å². The van der Waals surface area contributed by atoms with Gasteiger partial charge in [0.1, 0.15) is 0 Å². The van der Waals surface area contributed by atoms with Crippen LogP contribution in [0.1, 0.15) is 40.9 Å². The first kappa shape index (κ1) is 25.5. The lowest BCUT2D eigenvalue weighted by atomic mass is 10.1. The highest BCUT2D eigenvalue weighted by Crippen LogP contribution is 2.15. The van der Waals surface area contributed by atoms with E-state index < -0.39 is 0 Å². The number of amides is 3. The third kappa shape index (κ3) is 7.99. The highest BCUT2D eigenvalue weighted by Gasteiger charge is 2.12. The average Bonchev–Trinajstić information content (AvgIpc) is 2.87. The van der Waals surface area contributed by atoms with Gasteiger partial charge in [0.2, 0.25) is 11.8 Å². The van der Waals surface area contributed by atoms with Gasteiger partial charge < -0.3 is 20.9 Å².